The second-order valence-electron chi connectivity index (χ2n) is 8.78. The van der Waals surface area contributed by atoms with Gasteiger partial charge >= 0.3 is 0 Å². The third kappa shape index (κ3) is 4.36. The molecule has 1 atom stereocenters. The largest absolute Gasteiger partial charge is 0.502 e. The summed E-state index contributed by atoms with van der Waals surface area (Å²) in [7, 11) is -4.16. The number of halogens is 1. The van der Waals surface area contributed by atoms with Gasteiger partial charge in [0.25, 0.3) is 5.91 Å². The lowest BCUT2D eigenvalue weighted by Gasteiger charge is -2.27. The Morgan fingerprint density at radius 3 is 2.18 bits per heavy atom. The molecule has 1 aliphatic heterocycles. The monoisotopic (exact) mass is 495 g/mol. The van der Waals surface area contributed by atoms with Gasteiger partial charge in [-0.1, -0.05) is 85.6 Å². The average Bonchev–Trinajstić information content (AvgIpc) is 3.06. The van der Waals surface area contributed by atoms with Crippen molar-refractivity contribution in [3.05, 3.63) is 111 Å². The standard InChI is InChI=1S/C27H26ClNO4S/c1-17(2)19-10-12-20(13-11-19)24-26(34(32,33)22-14-8-18(3)9-15-22)25(30)27(31)29(24)16-21-6-4-5-7-23(21)28/h4-15,17,24,30H,16H2,1-3H3/t24-/m1/s1. The van der Waals surface area contributed by atoms with E-state index in [-0.39, 0.29) is 22.3 Å². The molecule has 1 aliphatic rings. The van der Waals surface area contributed by atoms with Crippen LogP contribution in [0.5, 0.6) is 0 Å². The van der Waals surface area contributed by atoms with Gasteiger partial charge in [0.2, 0.25) is 9.84 Å². The number of aliphatic hydroxyl groups excluding tert-OH is 1. The van der Waals surface area contributed by atoms with E-state index in [1.807, 2.05) is 31.2 Å². The van der Waals surface area contributed by atoms with Crippen LogP contribution in [0.4, 0.5) is 0 Å². The highest BCUT2D eigenvalue weighted by Crippen LogP contribution is 2.43. The Morgan fingerprint density at radius 2 is 1.59 bits per heavy atom. The maximum Gasteiger partial charge on any atom is 0.290 e. The summed E-state index contributed by atoms with van der Waals surface area (Å²) in [6.07, 6.45) is 0. The molecule has 0 spiro atoms. The molecule has 3 aromatic carbocycles. The minimum absolute atomic E-state index is 0.0239. The molecule has 5 nitrogen and oxygen atoms in total. The van der Waals surface area contributed by atoms with Crippen LogP contribution in [0, 0.1) is 6.92 Å². The summed E-state index contributed by atoms with van der Waals surface area (Å²) >= 11 is 6.34. The number of amides is 1. The van der Waals surface area contributed by atoms with E-state index in [2.05, 4.69) is 13.8 Å². The van der Waals surface area contributed by atoms with Crippen LogP contribution in [-0.2, 0) is 21.2 Å². The molecule has 1 heterocycles. The van der Waals surface area contributed by atoms with Gasteiger partial charge in [0.05, 0.1) is 10.9 Å². The fourth-order valence-electron chi connectivity index (χ4n) is 4.12. The number of carbonyl (C=O) groups is 1. The molecule has 34 heavy (non-hydrogen) atoms. The normalized spacial score (nSPS) is 16.6. The lowest BCUT2D eigenvalue weighted by Crippen LogP contribution is -2.30. The van der Waals surface area contributed by atoms with Gasteiger partial charge in [-0.3, -0.25) is 4.79 Å². The third-order valence-electron chi connectivity index (χ3n) is 6.10. The van der Waals surface area contributed by atoms with E-state index in [4.69, 9.17) is 11.6 Å². The number of hydrogen-bond donors (Lipinski definition) is 1. The summed E-state index contributed by atoms with van der Waals surface area (Å²) in [5, 5.41) is 11.3. The van der Waals surface area contributed by atoms with Gasteiger partial charge in [-0.15, -0.1) is 0 Å². The number of aliphatic hydroxyl groups is 1. The van der Waals surface area contributed by atoms with E-state index in [0.29, 0.717) is 16.1 Å². The number of carbonyl (C=O) groups excluding carboxylic acids is 1. The molecule has 0 bridgehead atoms. The molecule has 0 fully saturated rings. The first-order valence-electron chi connectivity index (χ1n) is 11.0. The summed E-state index contributed by atoms with van der Waals surface area (Å²) in [6.45, 7) is 6.04. The van der Waals surface area contributed by atoms with Gasteiger partial charge in [0, 0.05) is 11.6 Å². The van der Waals surface area contributed by atoms with E-state index in [1.54, 1.807) is 36.4 Å². The van der Waals surface area contributed by atoms with E-state index in [9.17, 15) is 18.3 Å². The Balaban J connectivity index is 1.86. The maximum absolute atomic E-state index is 13.7. The highest BCUT2D eigenvalue weighted by molar-refractivity contribution is 7.95. The molecular weight excluding hydrogens is 470 g/mol. The lowest BCUT2D eigenvalue weighted by molar-refractivity contribution is -0.130. The Morgan fingerprint density at radius 1 is 0.971 bits per heavy atom. The smallest absolute Gasteiger partial charge is 0.290 e. The van der Waals surface area contributed by atoms with Crippen molar-refractivity contribution in [2.45, 2.75) is 44.2 Å². The maximum atomic E-state index is 13.7. The first-order valence-corrected chi connectivity index (χ1v) is 12.9. The molecule has 0 aliphatic carbocycles. The van der Waals surface area contributed by atoms with Crippen LogP contribution in [0.2, 0.25) is 5.02 Å². The second-order valence-corrected chi connectivity index (χ2v) is 11.1. The van der Waals surface area contributed by atoms with Crippen LogP contribution in [0.1, 0.15) is 48.1 Å². The zero-order chi connectivity index (χ0) is 24.6. The number of aryl methyl sites for hydroxylation is 1. The van der Waals surface area contributed by atoms with Gasteiger partial charge in [0.15, 0.2) is 5.76 Å². The molecule has 0 saturated carbocycles. The SMILES string of the molecule is Cc1ccc(S(=O)(=O)C2=C(O)C(=O)N(Cc3ccccc3Cl)[C@@H]2c2ccc(C(C)C)cc2)cc1. The molecule has 3 aromatic rings. The molecule has 0 saturated heterocycles. The van der Waals surface area contributed by atoms with Crippen molar-refractivity contribution in [1.29, 1.82) is 0 Å². The van der Waals surface area contributed by atoms with Crippen molar-refractivity contribution in [3.8, 4) is 0 Å². The van der Waals surface area contributed by atoms with Gasteiger partial charge in [-0.2, -0.15) is 0 Å². The van der Waals surface area contributed by atoms with Crippen molar-refractivity contribution in [2.24, 2.45) is 0 Å². The summed E-state index contributed by atoms with van der Waals surface area (Å²) in [5.74, 6) is -1.22. The molecule has 0 aromatic heterocycles. The number of nitrogens with zero attached hydrogens (tertiary/aromatic N) is 1. The first-order chi connectivity index (χ1) is 16.1. The Labute approximate surface area is 205 Å². The van der Waals surface area contributed by atoms with Crippen molar-refractivity contribution in [2.75, 3.05) is 0 Å². The van der Waals surface area contributed by atoms with Crippen LogP contribution in [0.15, 0.2) is 88.4 Å². The van der Waals surface area contributed by atoms with Crippen molar-refractivity contribution >= 4 is 27.3 Å². The zero-order valence-electron chi connectivity index (χ0n) is 19.2. The predicted octanol–water partition coefficient (Wildman–Crippen LogP) is 6.10. The van der Waals surface area contributed by atoms with Gasteiger partial charge in [-0.05, 0) is 47.7 Å². The molecule has 176 valence electrons. The van der Waals surface area contributed by atoms with Crippen LogP contribution >= 0.6 is 11.6 Å². The van der Waals surface area contributed by atoms with E-state index in [0.717, 1.165) is 11.1 Å². The molecule has 0 unspecified atom stereocenters. The first kappa shape index (κ1) is 24.0. The summed E-state index contributed by atoms with van der Waals surface area (Å²) in [5.41, 5.74) is 3.24. The molecular formula is C27H26ClNO4S. The zero-order valence-corrected chi connectivity index (χ0v) is 20.8. The van der Waals surface area contributed by atoms with Crippen LogP contribution in [-0.4, -0.2) is 24.3 Å². The van der Waals surface area contributed by atoms with Crippen molar-refractivity contribution in [1.82, 2.24) is 4.90 Å². The summed E-state index contributed by atoms with van der Waals surface area (Å²) in [4.78, 5) is 14.3. The Hall–Kier alpha value is -3.09. The molecule has 0 radical (unpaired) electrons. The third-order valence-corrected chi connectivity index (χ3v) is 8.35. The fraction of sp³-hybridized carbons (Fsp3) is 0.222. The summed E-state index contributed by atoms with van der Waals surface area (Å²) < 4.78 is 27.4. The number of hydrogen-bond acceptors (Lipinski definition) is 4. The van der Waals surface area contributed by atoms with E-state index in [1.165, 1.54) is 17.0 Å². The quantitative estimate of drug-likeness (QED) is 0.448. The lowest BCUT2D eigenvalue weighted by atomic mass is 9.98. The minimum atomic E-state index is -4.16. The highest BCUT2D eigenvalue weighted by Gasteiger charge is 2.47. The van der Waals surface area contributed by atoms with Crippen molar-refractivity contribution in [3.63, 3.8) is 0 Å². The summed E-state index contributed by atoms with van der Waals surface area (Å²) in [6, 6.07) is 19.9. The van der Waals surface area contributed by atoms with Gasteiger partial charge in [0.1, 0.15) is 4.91 Å². The number of benzene rings is 3. The molecule has 7 heteroatoms. The molecule has 4 rings (SSSR count). The average molecular weight is 496 g/mol. The van der Waals surface area contributed by atoms with Gasteiger partial charge < -0.3 is 10.0 Å². The van der Waals surface area contributed by atoms with Gasteiger partial charge in [-0.25, -0.2) is 8.42 Å². The fourth-order valence-corrected chi connectivity index (χ4v) is 5.96. The van der Waals surface area contributed by atoms with Crippen LogP contribution in [0.25, 0.3) is 0 Å². The molecule has 1 amide bonds. The number of rotatable bonds is 6. The van der Waals surface area contributed by atoms with Crippen LogP contribution in [0.3, 0.4) is 0 Å². The minimum Gasteiger partial charge on any atom is -0.502 e. The highest BCUT2D eigenvalue weighted by atomic mass is 35.5. The van der Waals surface area contributed by atoms with E-state index < -0.39 is 27.5 Å². The topological polar surface area (TPSA) is 74.7 Å². The van der Waals surface area contributed by atoms with Crippen LogP contribution < -0.4 is 0 Å². The Bertz CT molecular complexity index is 1360. The van der Waals surface area contributed by atoms with E-state index >= 15 is 0 Å². The predicted molar refractivity (Wildman–Crippen MR) is 133 cm³/mol. The Kier molecular flexibility index (Phi) is 6.56. The second kappa shape index (κ2) is 9.28. The van der Waals surface area contributed by atoms with Crippen molar-refractivity contribution < 1.29 is 18.3 Å². The number of sulfone groups is 1. The molecule has 1 N–H and O–H groups in total.